The first-order chi connectivity index (χ1) is 13.1. The number of hydrogen-bond acceptors (Lipinski definition) is 3. The van der Waals surface area contributed by atoms with Crippen molar-refractivity contribution in [2.24, 2.45) is 0 Å². The fourth-order valence-electron chi connectivity index (χ4n) is 2.65. The summed E-state index contributed by atoms with van der Waals surface area (Å²) in [4.78, 5) is 12.2. The Morgan fingerprint density at radius 2 is 1.78 bits per heavy atom. The minimum Gasteiger partial charge on any atom is -0.483 e. The number of halogens is 1. The molecule has 1 amide bonds. The van der Waals surface area contributed by atoms with Crippen molar-refractivity contribution in [3.05, 3.63) is 88.9 Å². The highest BCUT2D eigenvalue weighted by Crippen LogP contribution is 2.24. The number of anilines is 2. The third-order valence-electron chi connectivity index (χ3n) is 3.98. The molecule has 0 spiro atoms. The minimum absolute atomic E-state index is 0.0585. The Balaban J connectivity index is 1.59. The summed E-state index contributed by atoms with van der Waals surface area (Å²) in [5.74, 6) is 0.464. The highest BCUT2D eigenvalue weighted by atomic mass is 35.5. The summed E-state index contributed by atoms with van der Waals surface area (Å²) in [6, 6.07) is 22.8. The van der Waals surface area contributed by atoms with Crippen LogP contribution in [-0.2, 0) is 11.3 Å². The molecule has 0 aromatic heterocycles. The summed E-state index contributed by atoms with van der Waals surface area (Å²) in [6.07, 6.45) is 0. The van der Waals surface area contributed by atoms with Crippen LogP contribution in [0.5, 0.6) is 5.75 Å². The SMILES string of the molecule is Cc1cccc(NC(=O)COc2ccccc2CNc2ccccc2Cl)c1. The number of rotatable bonds is 7. The van der Waals surface area contributed by atoms with Gasteiger partial charge in [0.1, 0.15) is 5.75 Å². The van der Waals surface area contributed by atoms with Crippen LogP contribution in [0.3, 0.4) is 0 Å². The molecule has 0 heterocycles. The first-order valence-electron chi connectivity index (χ1n) is 8.67. The fourth-order valence-corrected chi connectivity index (χ4v) is 2.85. The van der Waals surface area contributed by atoms with Crippen LogP contribution < -0.4 is 15.4 Å². The summed E-state index contributed by atoms with van der Waals surface area (Å²) in [6.45, 7) is 2.46. The number of aryl methyl sites for hydroxylation is 1. The molecule has 27 heavy (non-hydrogen) atoms. The molecular formula is C22H21ClN2O2. The zero-order valence-corrected chi connectivity index (χ0v) is 15.8. The van der Waals surface area contributed by atoms with Gasteiger partial charge in [-0.1, -0.05) is 54.1 Å². The van der Waals surface area contributed by atoms with E-state index in [-0.39, 0.29) is 12.5 Å². The van der Waals surface area contributed by atoms with Crippen molar-refractivity contribution in [3.8, 4) is 5.75 Å². The second-order valence-corrected chi connectivity index (χ2v) is 6.55. The van der Waals surface area contributed by atoms with Gasteiger partial charge in [-0.2, -0.15) is 0 Å². The molecule has 0 radical (unpaired) electrons. The van der Waals surface area contributed by atoms with Gasteiger partial charge in [-0.05, 0) is 42.8 Å². The van der Waals surface area contributed by atoms with Gasteiger partial charge in [-0.25, -0.2) is 0 Å². The number of carbonyl (C=O) groups excluding carboxylic acids is 1. The number of carbonyl (C=O) groups is 1. The van der Waals surface area contributed by atoms with E-state index in [1.165, 1.54) is 0 Å². The van der Waals surface area contributed by atoms with Crippen LogP contribution in [0.2, 0.25) is 5.02 Å². The van der Waals surface area contributed by atoms with E-state index < -0.39 is 0 Å². The molecule has 0 bridgehead atoms. The maximum Gasteiger partial charge on any atom is 0.262 e. The first-order valence-corrected chi connectivity index (χ1v) is 9.05. The average molecular weight is 381 g/mol. The molecule has 5 heteroatoms. The molecule has 3 aromatic carbocycles. The van der Waals surface area contributed by atoms with Crippen molar-refractivity contribution >= 4 is 28.9 Å². The quantitative estimate of drug-likeness (QED) is 0.586. The lowest BCUT2D eigenvalue weighted by atomic mass is 10.2. The van der Waals surface area contributed by atoms with Crippen LogP contribution in [-0.4, -0.2) is 12.5 Å². The van der Waals surface area contributed by atoms with Crippen molar-refractivity contribution in [1.82, 2.24) is 0 Å². The molecule has 0 aliphatic rings. The van der Waals surface area contributed by atoms with E-state index >= 15 is 0 Å². The number of benzene rings is 3. The van der Waals surface area contributed by atoms with Gasteiger partial charge in [-0.3, -0.25) is 4.79 Å². The zero-order valence-electron chi connectivity index (χ0n) is 15.0. The van der Waals surface area contributed by atoms with Gasteiger partial charge in [0.2, 0.25) is 0 Å². The zero-order chi connectivity index (χ0) is 19.1. The second kappa shape index (κ2) is 9.10. The van der Waals surface area contributed by atoms with E-state index in [0.29, 0.717) is 17.3 Å². The second-order valence-electron chi connectivity index (χ2n) is 6.15. The minimum atomic E-state index is -0.200. The Hall–Kier alpha value is -2.98. The van der Waals surface area contributed by atoms with Crippen LogP contribution in [0.4, 0.5) is 11.4 Å². The summed E-state index contributed by atoms with van der Waals surface area (Å²) in [5, 5.41) is 6.79. The van der Waals surface area contributed by atoms with Crippen molar-refractivity contribution in [2.75, 3.05) is 17.2 Å². The van der Waals surface area contributed by atoms with Gasteiger partial charge in [0.25, 0.3) is 5.91 Å². The van der Waals surface area contributed by atoms with Crippen LogP contribution in [0, 0.1) is 6.92 Å². The normalized spacial score (nSPS) is 10.3. The molecule has 0 saturated heterocycles. The highest BCUT2D eigenvalue weighted by Gasteiger charge is 2.08. The number of hydrogen-bond donors (Lipinski definition) is 2. The highest BCUT2D eigenvalue weighted by molar-refractivity contribution is 6.33. The maximum absolute atomic E-state index is 12.2. The molecule has 0 aliphatic carbocycles. The molecule has 0 aliphatic heterocycles. The van der Waals surface area contributed by atoms with Gasteiger partial charge >= 0.3 is 0 Å². The fraction of sp³-hybridized carbons (Fsp3) is 0.136. The van der Waals surface area contributed by atoms with E-state index in [4.69, 9.17) is 16.3 Å². The van der Waals surface area contributed by atoms with E-state index in [1.807, 2.05) is 79.7 Å². The van der Waals surface area contributed by atoms with E-state index in [2.05, 4.69) is 10.6 Å². The van der Waals surface area contributed by atoms with Gasteiger partial charge in [0, 0.05) is 17.8 Å². The molecule has 0 saturated carbocycles. The van der Waals surface area contributed by atoms with Gasteiger partial charge < -0.3 is 15.4 Å². The largest absolute Gasteiger partial charge is 0.483 e. The van der Waals surface area contributed by atoms with Gasteiger partial charge in [0.05, 0.1) is 10.7 Å². The Labute approximate surface area is 164 Å². The predicted octanol–water partition coefficient (Wildman–Crippen LogP) is 5.28. The molecule has 0 atom stereocenters. The van der Waals surface area contributed by atoms with Crippen LogP contribution in [0.25, 0.3) is 0 Å². The van der Waals surface area contributed by atoms with Crippen molar-refractivity contribution < 1.29 is 9.53 Å². The third-order valence-corrected chi connectivity index (χ3v) is 4.31. The summed E-state index contributed by atoms with van der Waals surface area (Å²) < 4.78 is 5.74. The van der Waals surface area contributed by atoms with Crippen molar-refractivity contribution in [2.45, 2.75) is 13.5 Å². The monoisotopic (exact) mass is 380 g/mol. The molecule has 0 unspecified atom stereocenters. The smallest absolute Gasteiger partial charge is 0.262 e. The van der Waals surface area contributed by atoms with E-state index in [0.717, 1.165) is 22.5 Å². The summed E-state index contributed by atoms with van der Waals surface area (Å²) in [5.41, 5.74) is 3.65. The Kier molecular flexibility index (Phi) is 6.34. The average Bonchev–Trinajstić information content (AvgIpc) is 2.66. The van der Waals surface area contributed by atoms with Crippen LogP contribution in [0.1, 0.15) is 11.1 Å². The Morgan fingerprint density at radius 3 is 2.59 bits per heavy atom. The van der Waals surface area contributed by atoms with Crippen LogP contribution in [0.15, 0.2) is 72.8 Å². The lowest BCUT2D eigenvalue weighted by Crippen LogP contribution is -2.20. The number of ether oxygens (including phenoxy) is 1. The van der Waals surface area contributed by atoms with Gasteiger partial charge in [0.15, 0.2) is 6.61 Å². The lowest BCUT2D eigenvalue weighted by Gasteiger charge is -2.13. The van der Waals surface area contributed by atoms with E-state index in [1.54, 1.807) is 0 Å². The molecule has 2 N–H and O–H groups in total. The topological polar surface area (TPSA) is 50.4 Å². The Bertz CT molecular complexity index is 927. The predicted molar refractivity (Wildman–Crippen MR) is 111 cm³/mol. The molecule has 4 nitrogen and oxygen atoms in total. The molecule has 3 aromatic rings. The first kappa shape index (κ1) is 18.8. The maximum atomic E-state index is 12.2. The molecule has 3 rings (SSSR count). The summed E-state index contributed by atoms with van der Waals surface area (Å²) >= 11 is 6.17. The van der Waals surface area contributed by atoms with Gasteiger partial charge in [-0.15, -0.1) is 0 Å². The summed E-state index contributed by atoms with van der Waals surface area (Å²) in [7, 11) is 0. The standard InChI is InChI=1S/C22H21ClN2O2/c1-16-7-6-9-18(13-16)25-22(26)15-27-21-12-5-2-8-17(21)14-24-20-11-4-3-10-19(20)23/h2-13,24H,14-15H2,1H3,(H,25,26). The Morgan fingerprint density at radius 1 is 1.00 bits per heavy atom. The number of amides is 1. The molecular weight excluding hydrogens is 360 g/mol. The van der Waals surface area contributed by atoms with E-state index in [9.17, 15) is 4.79 Å². The van der Waals surface area contributed by atoms with Crippen molar-refractivity contribution in [1.29, 1.82) is 0 Å². The lowest BCUT2D eigenvalue weighted by molar-refractivity contribution is -0.118. The number of nitrogens with one attached hydrogen (secondary N) is 2. The van der Waals surface area contributed by atoms with Crippen molar-refractivity contribution in [3.63, 3.8) is 0 Å². The third kappa shape index (κ3) is 5.50. The molecule has 138 valence electrons. The molecule has 0 fully saturated rings. The van der Waals surface area contributed by atoms with Crippen LogP contribution >= 0.6 is 11.6 Å². The number of para-hydroxylation sites is 2.